The quantitative estimate of drug-likeness (QED) is 0.877. The van der Waals surface area contributed by atoms with Crippen molar-refractivity contribution in [2.24, 2.45) is 0 Å². The summed E-state index contributed by atoms with van der Waals surface area (Å²) in [5, 5.41) is 12.1. The minimum absolute atomic E-state index is 0.705. The third-order valence-corrected chi connectivity index (χ3v) is 4.31. The normalized spacial score (nSPS) is 17.6. The van der Waals surface area contributed by atoms with Crippen molar-refractivity contribution in [1.29, 1.82) is 0 Å². The van der Waals surface area contributed by atoms with Gasteiger partial charge in [0.05, 0.1) is 11.4 Å². The maximum Gasteiger partial charge on any atom is 0.315 e. The zero-order chi connectivity index (χ0) is 11.9. The summed E-state index contributed by atoms with van der Waals surface area (Å²) in [6.45, 7) is 0. The number of hydrogen-bond acceptors (Lipinski definition) is 3. The van der Waals surface area contributed by atoms with E-state index >= 15 is 0 Å². The van der Waals surface area contributed by atoms with E-state index in [-0.39, 0.29) is 0 Å². The van der Waals surface area contributed by atoms with Crippen LogP contribution in [0.1, 0.15) is 25.0 Å². The van der Waals surface area contributed by atoms with Crippen molar-refractivity contribution in [3.63, 3.8) is 0 Å². The number of H-pyrrole nitrogens is 1. The smallest absolute Gasteiger partial charge is 0.315 e. The molecule has 1 aliphatic rings. The van der Waals surface area contributed by atoms with Gasteiger partial charge >= 0.3 is 5.97 Å². The van der Waals surface area contributed by atoms with Crippen LogP contribution < -0.4 is 0 Å². The molecule has 0 atom stereocenters. The monoisotopic (exact) mass is 248 g/mol. The molecule has 2 N–H and O–H groups in total. The summed E-state index contributed by atoms with van der Waals surface area (Å²) in [6.07, 6.45) is 4.22. The van der Waals surface area contributed by atoms with Gasteiger partial charge in [0.2, 0.25) is 0 Å². The molecule has 2 aromatic heterocycles. The number of thiazole rings is 1. The van der Waals surface area contributed by atoms with Crippen molar-refractivity contribution in [3.8, 4) is 10.7 Å². The topological polar surface area (TPSA) is 66.0 Å². The van der Waals surface area contributed by atoms with Gasteiger partial charge in [-0.3, -0.25) is 4.79 Å². The van der Waals surface area contributed by atoms with Crippen molar-refractivity contribution in [2.75, 3.05) is 0 Å². The van der Waals surface area contributed by atoms with E-state index in [1.165, 1.54) is 11.3 Å². The molecule has 0 radical (unpaired) electrons. The second-order valence-electron chi connectivity index (χ2n) is 4.36. The summed E-state index contributed by atoms with van der Waals surface area (Å²) in [6, 6.07) is 3.85. The lowest BCUT2D eigenvalue weighted by Gasteiger charge is -2.35. The second kappa shape index (κ2) is 3.70. The second-order valence-corrected chi connectivity index (χ2v) is 5.22. The summed E-state index contributed by atoms with van der Waals surface area (Å²) in [5.74, 6) is -0.743. The fourth-order valence-electron chi connectivity index (χ4n) is 2.19. The van der Waals surface area contributed by atoms with Crippen molar-refractivity contribution < 1.29 is 9.90 Å². The number of carbonyl (C=O) groups is 1. The number of hydrogen-bond donors (Lipinski definition) is 2. The Balaban J connectivity index is 1.98. The Hall–Kier alpha value is -1.62. The maximum atomic E-state index is 11.4. The third-order valence-electron chi connectivity index (χ3n) is 3.44. The first-order valence-corrected chi connectivity index (χ1v) is 6.43. The molecule has 17 heavy (non-hydrogen) atoms. The van der Waals surface area contributed by atoms with Gasteiger partial charge in [0.25, 0.3) is 0 Å². The zero-order valence-electron chi connectivity index (χ0n) is 9.14. The number of nitrogens with one attached hydrogen (secondary N) is 1. The number of nitrogens with zero attached hydrogens (tertiary/aromatic N) is 1. The van der Waals surface area contributed by atoms with E-state index in [1.54, 1.807) is 0 Å². The van der Waals surface area contributed by atoms with E-state index in [2.05, 4.69) is 9.97 Å². The van der Waals surface area contributed by atoms with Gasteiger partial charge in [-0.1, -0.05) is 6.42 Å². The van der Waals surface area contributed by atoms with Crippen molar-refractivity contribution in [2.45, 2.75) is 24.7 Å². The highest BCUT2D eigenvalue weighted by molar-refractivity contribution is 7.13. The Bertz CT molecular complexity index is 541. The minimum Gasteiger partial charge on any atom is -0.481 e. The fourth-order valence-corrected chi connectivity index (χ4v) is 3.10. The van der Waals surface area contributed by atoms with Crippen molar-refractivity contribution >= 4 is 17.3 Å². The van der Waals surface area contributed by atoms with Crippen LogP contribution in [0.2, 0.25) is 0 Å². The van der Waals surface area contributed by atoms with Crippen molar-refractivity contribution in [1.82, 2.24) is 9.97 Å². The molecule has 88 valence electrons. The summed E-state index contributed by atoms with van der Waals surface area (Å²) < 4.78 is 0. The molecule has 0 aliphatic heterocycles. The Morgan fingerprint density at radius 3 is 2.88 bits per heavy atom. The number of aromatic nitrogens is 2. The minimum atomic E-state index is -0.743. The molecule has 2 aromatic rings. The number of carboxylic acids is 1. The molecule has 2 heterocycles. The van der Waals surface area contributed by atoms with E-state index in [0.29, 0.717) is 18.5 Å². The summed E-state index contributed by atoms with van der Waals surface area (Å²) in [7, 11) is 0. The SMILES string of the molecule is O=C(O)C1(c2csc(-c3ccc[nH]3)n2)CCC1. The highest BCUT2D eigenvalue weighted by atomic mass is 32.1. The Morgan fingerprint density at radius 1 is 1.53 bits per heavy atom. The highest BCUT2D eigenvalue weighted by Gasteiger charge is 2.47. The van der Waals surface area contributed by atoms with Crippen LogP contribution in [0.3, 0.4) is 0 Å². The first-order valence-electron chi connectivity index (χ1n) is 5.55. The molecule has 0 saturated heterocycles. The molecule has 0 bridgehead atoms. The molecule has 1 fully saturated rings. The predicted molar refractivity (Wildman–Crippen MR) is 65.1 cm³/mol. The first kappa shape index (κ1) is 10.5. The molecule has 1 saturated carbocycles. The number of aliphatic carboxylic acids is 1. The molecule has 0 amide bonds. The Morgan fingerprint density at radius 2 is 2.35 bits per heavy atom. The van der Waals surface area contributed by atoms with E-state index in [4.69, 9.17) is 0 Å². The molecule has 0 unspecified atom stereocenters. The van der Waals surface area contributed by atoms with Gasteiger partial charge in [-0.15, -0.1) is 11.3 Å². The van der Waals surface area contributed by atoms with Gasteiger partial charge in [0.15, 0.2) is 0 Å². The van der Waals surface area contributed by atoms with Crippen LogP contribution in [-0.2, 0) is 10.2 Å². The zero-order valence-corrected chi connectivity index (χ0v) is 9.96. The summed E-state index contributed by atoms with van der Waals surface area (Å²) in [5.41, 5.74) is 0.938. The van der Waals surface area contributed by atoms with Crippen LogP contribution >= 0.6 is 11.3 Å². The van der Waals surface area contributed by atoms with Gasteiger partial charge in [0.1, 0.15) is 10.4 Å². The molecular formula is C12H12N2O2S. The van der Waals surface area contributed by atoms with Crippen LogP contribution in [0.4, 0.5) is 0 Å². The Labute approximate surface area is 102 Å². The standard InChI is InChI=1S/C12H12N2O2S/c15-11(16)12(4-2-5-12)9-7-17-10(14-9)8-3-1-6-13-8/h1,3,6-7,13H,2,4-5H2,(H,15,16). The summed E-state index contributed by atoms with van der Waals surface area (Å²) in [4.78, 5) is 18.9. The fraction of sp³-hybridized carbons (Fsp3) is 0.333. The molecular weight excluding hydrogens is 236 g/mol. The Kier molecular flexibility index (Phi) is 2.29. The van der Waals surface area contributed by atoms with Crippen LogP contribution in [0.15, 0.2) is 23.7 Å². The van der Waals surface area contributed by atoms with E-state index in [9.17, 15) is 9.90 Å². The van der Waals surface area contributed by atoms with E-state index in [0.717, 1.165) is 17.1 Å². The van der Waals surface area contributed by atoms with E-state index < -0.39 is 11.4 Å². The molecule has 3 rings (SSSR count). The van der Waals surface area contributed by atoms with Gasteiger partial charge in [0, 0.05) is 11.6 Å². The van der Waals surface area contributed by atoms with E-state index in [1.807, 2.05) is 23.7 Å². The average Bonchev–Trinajstić information content (AvgIpc) is 2.83. The lowest BCUT2D eigenvalue weighted by Crippen LogP contribution is -2.42. The number of rotatable bonds is 3. The van der Waals surface area contributed by atoms with Gasteiger partial charge in [-0.2, -0.15) is 0 Å². The first-order chi connectivity index (χ1) is 8.22. The molecule has 0 aromatic carbocycles. The average molecular weight is 248 g/mol. The molecule has 1 aliphatic carbocycles. The van der Waals surface area contributed by atoms with Crippen LogP contribution in [0.25, 0.3) is 10.7 Å². The molecule has 4 nitrogen and oxygen atoms in total. The summed E-state index contributed by atoms with van der Waals surface area (Å²) >= 11 is 1.50. The lowest BCUT2D eigenvalue weighted by molar-refractivity contribution is -0.147. The largest absolute Gasteiger partial charge is 0.481 e. The lowest BCUT2D eigenvalue weighted by atomic mass is 9.67. The molecule has 5 heteroatoms. The maximum absolute atomic E-state index is 11.4. The molecule has 0 spiro atoms. The third kappa shape index (κ3) is 1.50. The van der Waals surface area contributed by atoms with Gasteiger partial charge in [-0.25, -0.2) is 4.98 Å². The van der Waals surface area contributed by atoms with Gasteiger partial charge < -0.3 is 10.1 Å². The van der Waals surface area contributed by atoms with Crippen molar-refractivity contribution in [3.05, 3.63) is 29.4 Å². The van der Waals surface area contributed by atoms with Crippen LogP contribution in [-0.4, -0.2) is 21.0 Å². The predicted octanol–water partition coefficient (Wildman–Crippen LogP) is 2.64. The van der Waals surface area contributed by atoms with Crippen LogP contribution in [0, 0.1) is 0 Å². The number of aromatic amines is 1. The highest BCUT2D eigenvalue weighted by Crippen LogP contribution is 2.44. The van der Waals surface area contributed by atoms with Gasteiger partial charge in [-0.05, 0) is 25.0 Å². The number of carboxylic acid groups (broad SMARTS) is 1. The van der Waals surface area contributed by atoms with Crippen LogP contribution in [0.5, 0.6) is 0 Å².